The monoisotopic (exact) mass is 250 g/mol. The normalized spacial score (nSPS) is 10.4. The van der Waals surface area contributed by atoms with Crippen LogP contribution >= 0.6 is 0 Å². The highest BCUT2D eigenvalue weighted by Gasteiger charge is 2.05. The summed E-state index contributed by atoms with van der Waals surface area (Å²) in [6, 6.07) is 4.75. The minimum Gasteiger partial charge on any atom is -0.338 e. The van der Waals surface area contributed by atoms with Crippen LogP contribution in [0.1, 0.15) is 5.82 Å². The summed E-state index contributed by atoms with van der Waals surface area (Å²) >= 11 is 0. The predicted molar refractivity (Wildman–Crippen MR) is 64.4 cm³/mol. The standard InChI is InChI=1S/C12H12F2N4/c13-8-1-2-9(14)10(7-8)17-12-4-6-16-11(18-12)3-5-15/h1-2,4,6-7H,3,5,15H2,(H,16,17,18). The molecule has 1 aromatic heterocycles. The van der Waals surface area contributed by atoms with Crippen LogP contribution in [0.5, 0.6) is 0 Å². The van der Waals surface area contributed by atoms with Crippen molar-refractivity contribution >= 4 is 11.5 Å². The minimum absolute atomic E-state index is 0.0346. The number of hydrogen-bond acceptors (Lipinski definition) is 4. The molecule has 0 aliphatic carbocycles. The van der Waals surface area contributed by atoms with Gasteiger partial charge in [-0.05, 0) is 24.7 Å². The summed E-state index contributed by atoms with van der Waals surface area (Å²) in [5.41, 5.74) is 5.43. The molecule has 18 heavy (non-hydrogen) atoms. The van der Waals surface area contributed by atoms with Gasteiger partial charge in [0, 0.05) is 18.7 Å². The van der Waals surface area contributed by atoms with E-state index in [1.165, 1.54) is 6.20 Å². The van der Waals surface area contributed by atoms with Crippen LogP contribution < -0.4 is 11.1 Å². The van der Waals surface area contributed by atoms with Crippen molar-refractivity contribution in [3.8, 4) is 0 Å². The number of nitrogens with zero attached hydrogens (tertiary/aromatic N) is 2. The van der Waals surface area contributed by atoms with E-state index in [1.54, 1.807) is 6.07 Å². The zero-order chi connectivity index (χ0) is 13.0. The summed E-state index contributed by atoms with van der Waals surface area (Å²) < 4.78 is 26.4. The number of aromatic nitrogens is 2. The van der Waals surface area contributed by atoms with Gasteiger partial charge in [-0.15, -0.1) is 0 Å². The molecule has 2 aromatic rings. The number of hydrogen-bond donors (Lipinski definition) is 2. The van der Waals surface area contributed by atoms with Gasteiger partial charge >= 0.3 is 0 Å². The van der Waals surface area contributed by atoms with Gasteiger partial charge in [0.05, 0.1) is 5.69 Å². The Kier molecular flexibility index (Phi) is 3.78. The van der Waals surface area contributed by atoms with Crippen LogP contribution in [-0.2, 0) is 6.42 Å². The Labute approximate surface area is 103 Å². The quantitative estimate of drug-likeness (QED) is 0.871. The summed E-state index contributed by atoms with van der Waals surface area (Å²) in [6.45, 7) is 0.428. The number of nitrogens with two attached hydrogens (primary N) is 1. The number of nitrogens with one attached hydrogen (secondary N) is 1. The first kappa shape index (κ1) is 12.4. The number of anilines is 2. The molecule has 0 fully saturated rings. The second kappa shape index (κ2) is 5.50. The van der Waals surface area contributed by atoms with E-state index in [2.05, 4.69) is 15.3 Å². The Hall–Kier alpha value is -2.08. The van der Waals surface area contributed by atoms with Crippen molar-refractivity contribution in [1.29, 1.82) is 0 Å². The summed E-state index contributed by atoms with van der Waals surface area (Å²) in [5, 5.41) is 2.70. The topological polar surface area (TPSA) is 63.8 Å². The second-order valence-corrected chi connectivity index (χ2v) is 3.65. The third kappa shape index (κ3) is 2.98. The first-order chi connectivity index (χ1) is 8.69. The molecule has 0 saturated carbocycles. The van der Waals surface area contributed by atoms with Crippen LogP contribution in [0.4, 0.5) is 20.3 Å². The molecule has 2 rings (SSSR count). The third-order valence-corrected chi connectivity index (χ3v) is 2.26. The molecule has 1 aromatic carbocycles. The Morgan fingerprint density at radius 1 is 1.22 bits per heavy atom. The number of rotatable bonds is 4. The lowest BCUT2D eigenvalue weighted by molar-refractivity contribution is 0.603. The first-order valence-electron chi connectivity index (χ1n) is 5.43. The van der Waals surface area contributed by atoms with Crippen LogP contribution in [0.3, 0.4) is 0 Å². The van der Waals surface area contributed by atoms with Gasteiger partial charge in [-0.25, -0.2) is 18.7 Å². The molecule has 0 unspecified atom stereocenters. The van der Waals surface area contributed by atoms with Gasteiger partial charge < -0.3 is 11.1 Å². The summed E-state index contributed by atoms with van der Waals surface area (Å²) in [7, 11) is 0. The largest absolute Gasteiger partial charge is 0.338 e. The molecule has 1 heterocycles. The van der Waals surface area contributed by atoms with Crippen LogP contribution in [0.15, 0.2) is 30.5 Å². The van der Waals surface area contributed by atoms with Gasteiger partial charge in [0.2, 0.25) is 0 Å². The SMILES string of the molecule is NCCc1nccc(Nc2cc(F)ccc2F)n1. The van der Waals surface area contributed by atoms with E-state index in [0.29, 0.717) is 24.6 Å². The van der Waals surface area contributed by atoms with E-state index >= 15 is 0 Å². The van der Waals surface area contributed by atoms with E-state index < -0.39 is 11.6 Å². The summed E-state index contributed by atoms with van der Waals surface area (Å²) in [6.07, 6.45) is 2.07. The lowest BCUT2D eigenvalue weighted by Gasteiger charge is -2.07. The highest BCUT2D eigenvalue weighted by Crippen LogP contribution is 2.19. The fourth-order valence-corrected chi connectivity index (χ4v) is 1.45. The van der Waals surface area contributed by atoms with Gasteiger partial charge in [0.25, 0.3) is 0 Å². The van der Waals surface area contributed by atoms with E-state index in [4.69, 9.17) is 5.73 Å². The fourth-order valence-electron chi connectivity index (χ4n) is 1.45. The highest BCUT2D eigenvalue weighted by atomic mass is 19.1. The molecule has 0 bridgehead atoms. The van der Waals surface area contributed by atoms with Crippen LogP contribution in [-0.4, -0.2) is 16.5 Å². The van der Waals surface area contributed by atoms with Gasteiger partial charge in [-0.3, -0.25) is 0 Å². The zero-order valence-corrected chi connectivity index (χ0v) is 9.53. The Morgan fingerprint density at radius 3 is 2.83 bits per heavy atom. The molecule has 0 saturated heterocycles. The van der Waals surface area contributed by atoms with Crippen molar-refractivity contribution in [3.05, 3.63) is 47.9 Å². The van der Waals surface area contributed by atoms with Crippen LogP contribution in [0.25, 0.3) is 0 Å². The number of benzene rings is 1. The van der Waals surface area contributed by atoms with Gasteiger partial charge in [0.1, 0.15) is 23.3 Å². The molecule has 0 aliphatic rings. The highest BCUT2D eigenvalue weighted by molar-refractivity contribution is 5.56. The molecular formula is C12H12F2N4. The third-order valence-electron chi connectivity index (χ3n) is 2.26. The molecule has 0 aliphatic heterocycles. The lowest BCUT2D eigenvalue weighted by Crippen LogP contribution is -2.07. The molecule has 0 amide bonds. The average Bonchev–Trinajstić information content (AvgIpc) is 2.35. The smallest absolute Gasteiger partial charge is 0.146 e. The molecular weight excluding hydrogens is 238 g/mol. The van der Waals surface area contributed by atoms with Crippen molar-refractivity contribution < 1.29 is 8.78 Å². The second-order valence-electron chi connectivity index (χ2n) is 3.65. The molecule has 0 radical (unpaired) electrons. The molecule has 94 valence electrons. The van der Waals surface area contributed by atoms with Crippen molar-refractivity contribution in [1.82, 2.24) is 9.97 Å². The van der Waals surface area contributed by atoms with Gasteiger partial charge in [-0.1, -0.05) is 0 Å². The number of halogens is 2. The average molecular weight is 250 g/mol. The maximum Gasteiger partial charge on any atom is 0.146 e. The van der Waals surface area contributed by atoms with E-state index in [9.17, 15) is 8.78 Å². The first-order valence-corrected chi connectivity index (χ1v) is 5.43. The Morgan fingerprint density at radius 2 is 2.06 bits per heavy atom. The predicted octanol–water partition coefficient (Wildman–Crippen LogP) is 2.00. The minimum atomic E-state index is -0.546. The van der Waals surface area contributed by atoms with Gasteiger partial charge in [0.15, 0.2) is 0 Å². The van der Waals surface area contributed by atoms with E-state index in [-0.39, 0.29) is 5.69 Å². The van der Waals surface area contributed by atoms with E-state index in [0.717, 1.165) is 18.2 Å². The van der Waals surface area contributed by atoms with Crippen molar-refractivity contribution in [2.24, 2.45) is 5.73 Å². The zero-order valence-electron chi connectivity index (χ0n) is 9.53. The maximum atomic E-state index is 13.4. The van der Waals surface area contributed by atoms with Crippen LogP contribution in [0, 0.1) is 11.6 Å². The van der Waals surface area contributed by atoms with Crippen molar-refractivity contribution in [2.75, 3.05) is 11.9 Å². The van der Waals surface area contributed by atoms with Crippen molar-refractivity contribution in [2.45, 2.75) is 6.42 Å². The van der Waals surface area contributed by atoms with Gasteiger partial charge in [-0.2, -0.15) is 0 Å². The lowest BCUT2D eigenvalue weighted by atomic mass is 10.3. The summed E-state index contributed by atoms with van der Waals surface area (Å²) in [4.78, 5) is 8.15. The van der Waals surface area contributed by atoms with Crippen molar-refractivity contribution in [3.63, 3.8) is 0 Å². The molecule has 3 N–H and O–H groups in total. The molecule has 0 spiro atoms. The Balaban J connectivity index is 2.22. The van der Waals surface area contributed by atoms with Crippen LogP contribution in [0.2, 0.25) is 0 Å². The maximum absolute atomic E-state index is 13.4. The fraction of sp³-hybridized carbons (Fsp3) is 0.167. The molecule has 6 heteroatoms. The molecule has 0 atom stereocenters. The Bertz CT molecular complexity index is 545. The van der Waals surface area contributed by atoms with E-state index in [1.807, 2.05) is 0 Å². The summed E-state index contributed by atoms with van der Waals surface area (Å²) in [5.74, 6) is -0.109. The molecule has 4 nitrogen and oxygen atoms in total.